The summed E-state index contributed by atoms with van der Waals surface area (Å²) in [5, 5.41) is 1.08. The van der Waals surface area contributed by atoms with Crippen LogP contribution in [0.5, 0.6) is 0 Å². The Kier molecular flexibility index (Phi) is 4.34. The van der Waals surface area contributed by atoms with Crippen LogP contribution in [0, 0.1) is 0 Å². The van der Waals surface area contributed by atoms with Crippen molar-refractivity contribution in [2.45, 2.75) is 6.54 Å². The minimum Gasteiger partial charge on any atom is -0.288 e. The van der Waals surface area contributed by atoms with Crippen LogP contribution in [0.25, 0.3) is 17.0 Å². The number of nitrogens with zero attached hydrogens (tertiary/aromatic N) is 2. The van der Waals surface area contributed by atoms with Gasteiger partial charge in [0.05, 0.1) is 17.0 Å². The van der Waals surface area contributed by atoms with Gasteiger partial charge in [0.15, 0.2) is 0 Å². The Morgan fingerprint density at radius 1 is 1.08 bits per heavy atom. The van der Waals surface area contributed by atoms with Gasteiger partial charge in [0.2, 0.25) is 0 Å². The number of rotatable bonds is 3. The molecule has 2 aromatic carbocycles. The summed E-state index contributed by atoms with van der Waals surface area (Å²) in [5.74, 6) is -0.0417. The molecule has 3 nitrogen and oxygen atoms in total. The Morgan fingerprint density at radius 2 is 1.92 bits per heavy atom. The van der Waals surface area contributed by atoms with Crippen molar-refractivity contribution in [3.63, 3.8) is 0 Å². The summed E-state index contributed by atoms with van der Waals surface area (Å²) in [5.41, 5.74) is 2.93. The highest BCUT2D eigenvalue weighted by atomic mass is 32.2. The molecule has 1 aliphatic heterocycles. The van der Waals surface area contributed by atoms with Crippen molar-refractivity contribution in [1.29, 1.82) is 0 Å². The first-order valence-corrected chi connectivity index (χ1v) is 9.07. The molecule has 0 saturated carbocycles. The predicted octanol–water partition coefficient (Wildman–Crippen LogP) is 4.64. The van der Waals surface area contributed by atoms with Crippen LogP contribution in [0.2, 0.25) is 0 Å². The highest BCUT2D eigenvalue weighted by molar-refractivity contribution is 8.26. The molecule has 0 radical (unpaired) electrons. The minimum absolute atomic E-state index is 0.0417. The first-order chi connectivity index (χ1) is 12.2. The smallest absolute Gasteiger partial charge is 0.266 e. The number of carbonyl (C=O) groups is 1. The Labute approximate surface area is 155 Å². The molecule has 0 bridgehead atoms. The molecule has 122 valence electrons. The summed E-state index contributed by atoms with van der Waals surface area (Å²) in [6, 6.07) is 19.8. The van der Waals surface area contributed by atoms with Gasteiger partial charge in [-0.2, -0.15) is 0 Å². The fourth-order valence-corrected chi connectivity index (χ4v) is 3.98. The molecule has 0 N–H and O–H groups in total. The topological polar surface area (TPSA) is 33.2 Å². The van der Waals surface area contributed by atoms with Crippen LogP contribution < -0.4 is 0 Å². The van der Waals surface area contributed by atoms with E-state index in [9.17, 15) is 4.79 Å². The molecular weight excluding hydrogens is 348 g/mol. The van der Waals surface area contributed by atoms with Gasteiger partial charge in [-0.3, -0.25) is 14.7 Å². The maximum absolute atomic E-state index is 12.7. The lowest BCUT2D eigenvalue weighted by molar-refractivity contribution is -0.122. The summed E-state index contributed by atoms with van der Waals surface area (Å²) in [6.45, 7) is 0.502. The van der Waals surface area contributed by atoms with E-state index in [-0.39, 0.29) is 5.91 Å². The maximum atomic E-state index is 12.7. The second-order valence-electron chi connectivity index (χ2n) is 5.71. The van der Waals surface area contributed by atoms with Crippen LogP contribution in [0.4, 0.5) is 0 Å². The van der Waals surface area contributed by atoms with Crippen LogP contribution >= 0.6 is 24.0 Å². The zero-order valence-electron chi connectivity index (χ0n) is 13.3. The molecule has 3 aromatic rings. The summed E-state index contributed by atoms with van der Waals surface area (Å²) in [7, 11) is 0. The van der Waals surface area contributed by atoms with Crippen LogP contribution in [-0.2, 0) is 11.3 Å². The van der Waals surface area contributed by atoms with Gasteiger partial charge in [0, 0.05) is 11.6 Å². The number of carbonyl (C=O) groups excluding carboxylic acids is 1. The number of pyridine rings is 1. The largest absolute Gasteiger partial charge is 0.288 e. The van der Waals surface area contributed by atoms with Crippen molar-refractivity contribution >= 4 is 51.2 Å². The number of hydrogen-bond acceptors (Lipinski definition) is 4. The van der Waals surface area contributed by atoms with E-state index in [0.29, 0.717) is 15.8 Å². The van der Waals surface area contributed by atoms with Crippen LogP contribution in [0.1, 0.15) is 11.1 Å². The molecule has 1 fully saturated rings. The second kappa shape index (κ2) is 6.78. The number of benzene rings is 2. The number of thioether (sulfide) groups is 1. The van der Waals surface area contributed by atoms with E-state index in [2.05, 4.69) is 4.98 Å². The third-order valence-corrected chi connectivity index (χ3v) is 5.36. The monoisotopic (exact) mass is 362 g/mol. The Morgan fingerprint density at radius 3 is 2.76 bits per heavy atom. The number of fused-ring (bicyclic) bond motifs is 1. The molecule has 0 spiro atoms. The standard InChI is InChI=1S/C20H14N2OS2/c23-19-18(12-15-8-9-16-7-4-10-21-17(16)11-15)25-20(24)22(19)13-14-5-2-1-3-6-14/h1-12H,13H2/b18-12+. The Balaban J connectivity index is 1.60. The molecule has 1 amide bonds. The van der Waals surface area contributed by atoms with E-state index < -0.39 is 0 Å². The minimum atomic E-state index is -0.0417. The summed E-state index contributed by atoms with van der Waals surface area (Å²) in [6.07, 6.45) is 3.66. The number of thiocarbonyl (C=S) groups is 1. The zero-order chi connectivity index (χ0) is 17.2. The lowest BCUT2D eigenvalue weighted by Crippen LogP contribution is -2.27. The SMILES string of the molecule is O=C1/C(=C\c2ccc3cccnc3c2)SC(=S)N1Cc1ccccc1. The van der Waals surface area contributed by atoms with Crippen molar-refractivity contribution in [3.8, 4) is 0 Å². The van der Waals surface area contributed by atoms with Gasteiger partial charge in [0.25, 0.3) is 5.91 Å². The van der Waals surface area contributed by atoms with Gasteiger partial charge in [-0.1, -0.05) is 72.5 Å². The molecule has 25 heavy (non-hydrogen) atoms. The molecule has 0 aliphatic carbocycles. The lowest BCUT2D eigenvalue weighted by Gasteiger charge is -2.14. The summed E-state index contributed by atoms with van der Waals surface area (Å²) < 4.78 is 0.596. The van der Waals surface area contributed by atoms with Crippen molar-refractivity contribution in [2.24, 2.45) is 0 Å². The summed E-state index contributed by atoms with van der Waals surface area (Å²) >= 11 is 6.75. The van der Waals surface area contributed by atoms with Crippen LogP contribution in [0.15, 0.2) is 71.8 Å². The second-order valence-corrected chi connectivity index (χ2v) is 7.38. The molecular formula is C20H14N2OS2. The van der Waals surface area contributed by atoms with Gasteiger partial charge in [-0.15, -0.1) is 0 Å². The quantitative estimate of drug-likeness (QED) is 0.502. The Hall–Kier alpha value is -2.50. The number of aromatic nitrogens is 1. The molecule has 0 unspecified atom stereocenters. The molecule has 0 atom stereocenters. The molecule has 1 aliphatic rings. The Bertz CT molecular complexity index is 999. The van der Waals surface area contributed by atoms with Crippen molar-refractivity contribution in [3.05, 3.63) is 82.9 Å². The first kappa shape index (κ1) is 16.0. The van der Waals surface area contributed by atoms with Crippen molar-refractivity contribution in [2.75, 3.05) is 0 Å². The average Bonchev–Trinajstić information content (AvgIpc) is 2.90. The van der Waals surface area contributed by atoms with Gasteiger partial charge in [-0.25, -0.2) is 0 Å². The van der Waals surface area contributed by atoms with E-state index in [1.165, 1.54) is 11.8 Å². The van der Waals surface area contributed by atoms with E-state index in [1.54, 1.807) is 11.1 Å². The molecule has 2 heterocycles. The van der Waals surface area contributed by atoms with Gasteiger partial charge >= 0.3 is 0 Å². The zero-order valence-corrected chi connectivity index (χ0v) is 14.9. The van der Waals surface area contributed by atoms with E-state index >= 15 is 0 Å². The predicted molar refractivity (Wildman–Crippen MR) is 107 cm³/mol. The fraction of sp³-hybridized carbons (Fsp3) is 0.0500. The average molecular weight is 362 g/mol. The van der Waals surface area contributed by atoms with E-state index in [1.807, 2.05) is 66.7 Å². The number of hydrogen-bond donors (Lipinski definition) is 0. The van der Waals surface area contributed by atoms with Gasteiger partial charge in [0.1, 0.15) is 4.32 Å². The van der Waals surface area contributed by atoms with Gasteiger partial charge < -0.3 is 0 Å². The highest BCUT2D eigenvalue weighted by Crippen LogP contribution is 2.33. The van der Waals surface area contributed by atoms with E-state index in [4.69, 9.17) is 12.2 Å². The maximum Gasteiger partial charge on any atom is 0.266 e. The lowest BCUT2D eigenvalue weighted by atomic mass is 10.1. The molecule has 1 aromatic heterocycles. The summed E-state index contributed by atoms with van der Waals surface area (Å²) in [4.78, 5) is 19.4. The van der Waals surface area contributed by atoms with Crippen molar-refractivity contribution < 1.29 is 4.79 Å². The normalized spacial score (nSPS) is 16.2. The molecule has 1 saturated heterocycles. The third-order valence-electron chi connectivity index (χ3n) is 3.98. The first-order valence-electron chi connectivity index (χ1n) is 7.85. The fourth-order valence-electron chi connectivity index (χ4n) is 2.73. The number of amides is 1. The van der Waals surface area contributed by atoms with E-state index in [0.717, 1.165) is 22.0 Å². The van der Waals surface area contributed by atoms with Crippen molar-refractivity contribution in [1.82, 2.24) is 9.88 Å². The van der Waals surface area contributed by atoms with Crippen LogP contribution in [-0.4, -0.2) is 20.1 Å². The molecule has 4 rings (SSSR count). The molecule has 5 heteroatoms. The van der Waals surface area contributed by atoms with Crippen LogP contribution in [0.3, 0.4) is 0 Å². The third kappa shape index (κ3) is 3.34. The van der Waals surface area contributed by atoms with Gasteiger partial charge in [-0.05, 0) is 29.3 Å². The highest BCUT2D eigenvalue weighted by Gasteiger charge is 2.31.